The fourth-order valence-electron chi connectivity index (χ4n) is 3.18. The molecule has 1 unspecified atom stereocenters. The van der Waals surface area contributed by atoms with Gasteiger partial charge in [0, 0.05) is 25.3 Å². The molecule has 1 N–H and O–H groups in total. The number of benzene rings is 2. The van der Waals surface area contributed by atoms with Gasteiger partial charge in [-0.25, -0.2) is 0 Å². The molecule has 2 aromatic rings. The second kappa shape index (κ2) is 8.61. The second-order valence-electron chi connectivity index (χ2n) is 6.68. The maximum atomic E-state index is 12.1. The zero-order valence-electron chi connectivity index (χ0n) is 15.4. The molecule has 1 fully saturated rings. The molecule has 1 aliphatic heterocycles. The number of carbonyl (C=O) groups is 1. The van der Waals surface area contributed by atoms with E-state index < -0.39 is 0 Å². The second-order valence-corrected chi connectivity index (χ2v) is 6.68. The molecule has 5 nitrogen and oxygen atoms in total. The van der Waals surface area contributed by atoms with Gasteiger partial charge in [0.15, 0.2) is 18.1 Å². The number of aryl methyl sites for hydroxylation is 1. The van der Waals surface area contributed by atoms with Crippen molar-refractivity contribution in [3.8, 4) is 11.5 Å². The summed E-state index contributed by atoms with van der Waals surface area (Å²) < 4.78 is 10.8. The number of nitrogens with one attached hydrogen (secondary N) is 1. The molecule has 0 bridgehead atoms. The summed E-state index contributed by atoms with van der Waals surface area (Å²) in [7, 11) is 1.59. The lowest BCUT2D eigenvalue weighted by molar-refractivity contribution is -0.123. The van der Waals surface area contributed by atoms with Crippen molar-refractivity contribution < 1.29 is 14.3 Å². The number of hydrogen-bond acceptors (Lipinski definition) is 4. The van der Waals surface area contributed by atoms with Crippen LogP contribution >= 0.6 is 0 Å². The molecule has 26 heavy (non-hydrogen) atoms. The third-order valence-corrected chi connectivity index (χ3v) is 4.70. The van der Waals surface area contributed by atoms with Crippen LogP contribution in [0, 0.1) is 12.8 Å². The lowest BCUT2D eigenvalue weighted by atomic mass is 10.1. The summed E-state index contributed by atoms with van der Waals surface area (Å²) in [6.45, 7) is 4.77. The van der Waals surface area contributed by atoms with E-state index in [0.29, 0.717) is 24.0 Å². The average molecular weight is 354 g/mol. The first kappa shape index (κ1) is 18.1. The smallest absolute Gasteiger partial charge is 0.257 e. The summed E-state index contributed by atoms with van der Waals surface area (Å²) in [5.74, 6) is 1.57. The number of nitrogens with zero attached hydrogens (tertiary/aromatic N) is 1. The lowest BCUT2D eigenvalue weighted by Gasteiger charge is -2.19. The predicted octanol–water partition coefficient (Wildman–Crippen LogP) is 3.03. The fourth-order valence-corrected chi connectivity index (χ4v) is 3.18. The highest BCUT2D eigenvalue weighted by atomic mass is 16.5. The minimum Gasteiger partial charge on any atom is -0.493 e. The molecular formula is C21H26N2O3. The van der Waals surface area contributed by atoms with E-state index in [0.717, 1.165) is 19.5 Å². The number of rotatable bonds is 7. The van der Waals surface area contributed by atoms with Crippen molar-refractivity contribution in [2.45, 2.75) is 13.3 Å². The number of carbonyl (C=O) groups excluding carboxylic acids is 1. The van der Waals surface area contributed by atoms with E-state index in [1.54, 1.807) is 13.2 Å². The maximum Gasteiger partial charge on any atom is 0.257 e. The molecule has 5 heteroatoms. The van der Waals surface area contributed by atoms with Crippen molar-refractivity contribution in [1.29, 1.82) is 0 Å². The van der Waals surface area contributed by atoms with Gasteiger partial charge in [-0.1, -0.05) is 29.8 Å². The highest BCUT2D eigenvalue weighted by Crippen LogP contribution is 2.26. The van der Waals surface area contributed by atoms with Gasteiger partial charge in [0.05, 0.1) is 7.11 Å². The number of methoxy groups -OCH3 is 1. The molecule has 1 aliphatic rings. The Bertz CT molecular complexity index is 730. The topological polar surface area (TPSA) is 50.8 Å². The molecular weight excluding hydrogens is 328 g/mol. The first-order valence-corrected chi connectivity index (χ1v) is 9.00. The Morgan fingerprint density at radius 1 is 1.15 bits per heavy atom. The van der Waals surface area contributed by atoms with E-state index in [2.05, 4.69) is 41.4 Å². The minimum absolute atomic E-state index is 0.00519. The van der Waals surface area contributed by atoms with E-state index in [4.69, 9.17) is 9.47 Å². The Balaban J connectivity index is 1.41. The van der Waals surface area contributed by atoms with E-state index in [9.17, 15) is 4.79 Å². The van der Waals surface area contributed by atoms with Gasteiger partial charge in [0.2, 0.25) is 0 Å². The SMILES string of the molecule is COc1ccccc1OCC(=O)NCC1CCN(c2ccc(C)cc2)C1. The van der Waals surface area contributed by atoms with Gasteiger partial charge in [0.1, 0.15) is 0 Å². The zero-order chi connectivity index (χ0) is 18.4. The fraction of sp³-hybridized carbons (Fsp3) is 0.381. The van der Waals surface area contributed by atoms with E-state index in [1.165, 1.54) is 11.3 Å². The quantitative estimate of drug-likeness (QED) is 0.830. The van der Waals surface area contributed by atoms with Crippen LogP contribution in [0.4, 0.5) is 5.69 Å². The molecule has 1 saturated heterocycles. The van der Waals surface area contributed by atoms with Gasteiger partial charge in [-0.05, 0) is 43.5 Å². The Labute approximate surface area is 154 Å². The van der Waals surface area contributed by atoms with E-state index in [-0.39, 0.29) is 12.5 Å². The molecule has 0 aliphatic carbocycles. The minimum atomic E-state index is -0.107. The van der Waals surface area contributed by atoms with Gasteiger partial charge >= 0.3 is 0 Å². The Morgan fingerprint density at radius 3 is 2.62 bits per heavy atom. The maximum absolute atomic E-state index is 12.1. The predicted molar refractivity (Wildman–Crippen MR) is 103 cm³/mol. The Kier molecular flexibility index (Phi) is 6.00. The zero-order valence-corrected chi connectivity index (χ0v) is 15.4. The van der Waals surface area contributed by atoms with Crippen LogP contribution in [0.3, 0.4) is 0 Å². The molecule has 138 valence electrons. The van der Waals surface area contributed by atoms with Gasteiger partial charge in [-0.2, -0.15) is 0 Å². The van der Waals surface area contributed by atoms with Gasteiger partial charge in [-0.3, -0.25) is 4.79 Å². The number of anilines is 1. The highest BCUT2D eigenvalue weighted by molar-refractivity contribution is 5.77. The standard InChI is InChI=1S/C21H26N2O3/c1-16-7-9-18(10-8-16)23-12-11-17(14-23)13-22-21(24)15-26-20-6-4-3-5-19(20)25-2/h3-10,17H,11-15H2,1-2H3,(H,22,24). The summed E-state index contributed by atoms with van der Waals surface area (Å²) in [6, 6.07) is 15.9. The van der Waals surface area contributed by atoms with Crippen molar-refractivity contribution in [3.63, 3.8) is 0 Å². The number of para-hydroxylation sites is 2. The number of hydrogen-bond donors (Lipinski definition) is 1. The number of ether oxygens (including phenoxy) is 2. The van der Waals surface area contributed by atoms with E-state index >= 15 is 0 Å². The van der Waals surface area contributed by atoms with Crippen molar-refractivity contribution in [3.05, 3.63) is 54.1 Å². The molecule has 0 aromatic heterocycles. The Hall–Kier alpha value is -2.69. The monoisotopic (exact) mass is 354 g/mol. The van der Waals surface area contributed by atoms with Gasteiger partial charge < -0.3 is 19.7 Å². The van der Waals surface area contributed by atoms with Gasteiger partial charge in [0.25, 0.3) is 5.91 Å². The molecule has 1 atom stereocenters. The molecule has 0 radical (unpaired) electrons. The van der Waals surface area contributed by atoms with Crippen LogP contribution in [0.25, 0.3) is 0 Å². The third-order valence-electron chi connectivity index (χ3n) is 4.70. The van der Waals surface area contributed by atoms with Crippen LogP contribution in [-0.4, -0.2) is 39.3 Å². The average Bonchev–Trinajstić information content (AvgIpc) is 3.14. The molecule has 1 amide bonds. The molecule has 1 heterocycles. The Morgan fingerprint density at radius 2 is 1.88 bits per heavy atom. The van der Waals surface area contributed by atoms with Crippen LogP contribution in [0.2, 0.25) is 0 Å². The molecule has 3 rings (SSSR count). The first-order chi connectivity index (χ1) is 12.7. The summed E-state index contributed by atoms with van der Waals surface area (Å²) in [4.78, 5) is 14.4. The van der Waals surface area contributed by atoms with Crippen LogP contribution in [0.5, 0.6) is 11.5 Å². The summed E-state index contributed by atoms with van der Waals surface area (Å²) in [6.07, 6.45) is 1.08. The van der Waals surface area contributed by atoms with Crippen LogP contribution < -0.4 is 19.7 Å². The van der Waals surface area contributed by atoms with E-state index in [1.807, 2.05) is 18.2 Å². The first-order valence-electron chi connectivity index (χ1n) is 9.00. The number of amides is 1. The molecule has 0 spiro atoms. The molecule has 0 saturated carbocycles. The van der Waals surface area contributed by atoms with Crippen molar-refractivity contribution in [1.82, 2.24) is 5.32 Å². The van der Waals surface area contributed by atoms with Crippen molar-refractivity contribution >= 4 is 11.6 Å². The van der Waals surface area contributed by atoms with Crippen LogP contribution in [0.15, 0.2) is 48.5 Å². The summed E-state index contributed by atoms with van der Waals surface area (Å²) in [5, 5.41) is 2.98. The lowest BCUT2D eigenvalue weighted by Crippen LogP contribution is -2.34. The summed E-state index contributed by atoms with van der Waals surface area (Å²) in [5.41, 5.74) is 2.52. The normalized spacial score (nSPS) is 16.4. The molecule has 2 aromatic carbocycles. The van der Waals surface area contributed by atoms with Crippen LogP contribution in [-0.2, 0) is 4.79 Å². The highest BCUT2D eigenvalue weighted by Gasteiger charge is 2.23. The third kappa shape index (κ3) is 4.69. The largest absolute Gasteiger partial charge is 0.493 e. The van der Waals surface area contributed by atoms with Crippen molar-refractivity contribution in [2.75, 3.05) is 38.3 Å². The van der Waals surface area contributed by atoms with Crippen molar-refractivity contribution in [2.24, 2.45) is 5.92 Å². The summed E-state index contributed by atoms with van der Waals surface area (Å²) >= 11 is 0. The van der Waals surface area contributed by atoms with Gasteiger partial charge in [-0.15, -0.1) is 0 Å². The van der Waals surface area contributed by atoms with Crippen LogP contribution in [0.1, 0.15) is 12.0 Å².